The number of rotatable bonds is 4. The Morgan fingerprint density at radius 1 is 1.53 bits per heavy atom. The summed E-state index contributed by atoms with van der Waals surface area (Å²) in [6, 6.07) is 1.85. The van der Waals surface area contributed by atoms with E-state index in [1.54, 1.807) is 13.2 Å². The van der Waals surface area contributed by atoms with Gasteiger partial charge in [0.25, 0.3) is 0 Å². The number of nitrogens with two attached hydrogens (primary N) is 1. The third-order valence-corrected chi connectivity index (χ3v) is 4.60. The van der Waals surface area contributed by atoms with Crippen molar-refractivity contribution >= 4 is 38.9 Å². The molecule has 0 atom stereocenters. The monoisotopic (exact) mass is 343 g/mol. The van der Waals surface area contributed by atoms with Crippen molar-refractivity contribution in [3.63, 3.8) is 0 Å². The molecule has 0 bridgehead atoms. The fraction of sp³-hybridized carbons (Fsp3) is 0.308. The maximum atomic E-state index is 11.9. The summed E-state index contributed by atoms with van der Waals surface area (Å²) in [5.41, 5.74) is 8.43. The van der Waals surface area contributed by atoms with Crippen LogP contribution < -0.4 is 5.73 Å². The molecule has 0 aromatic carbocycles. The molecule has 0 radical (unpaired) electrons. The van der Waals surface area contributed by atoms with Crippen LogP contribution in [-0.4, -0.2) is 12.6 Å². The summed E-state index contributed by atoms with van der Waals surface area (Å²) in [4.78, 5) is 13.3. The Bertz CT molecular complexity index is 603. The van der Waals surface area contributed by atoms with Gasteiger partial charge in [-0.05, 0) is 40.9 Å². The molecule has 2 heterocycles. The van der Waals surface area contributed by atoms with Crippen LogP contribution in [0.3, 0.4) is 0 Å². The first-order valence-corrected chi connectivity index (χ1v) is 7.52. The van der Waals surface area contributed by atoms with E-state index in [0.29, 0.717) is 21.8 Å². The molecule has 2 aromatic rings. The predicted octanol–water partition coefficient (Wildman–Crippen LogP) is 4.09. The second-order valence-electron chi connectivity index (χ2n) is 3.83. The van der Waals surface area contributed by atoms with Crippen molar-refractivity contribution in [2.45, 2.75) is 20.3 Å². The van der Waals surface area contributed by atoms with Crippen LogP contribution in [0.15, 0.2) is 21.4 Å². The van der Waals surface area contributed by atoms with Crippen molar-refractivity contribution in [3.8, 4) is 10.4 Å². The molecule has 4 nitrogen and oxygen atoms in total. The molecule has 0 fully saturated rings. The van der Waals surface area contributed by atoms with Gasteiger partial charge in [0.1, 0.15) is 4.88 Å². The van der Waals surface area contributed by atoms with Gasteiger partial charge >= 0.3 is 5.97 Å². The van der Waals surface area contributed by atoms with Gasteiger partial charge in [-0.15, -0.1) is 11.3 Å². The van der Waals surface area contributed by atoms with Crippen molar-refractivity contribution in [2.75, 3.05) is 12.3 Å². The Balaban J connectivity index is 2.54. The second-order valence-corrected chi connectivity index (χ2v) is 5.58. The smallest absolute Gasteiger partial charge is 0.350 e. The zero-order valence-corrected chi connectivity index (χ0v) is 13.1. The Kier molecular flexibility index (Phi) is 4.31. The van der Waals surface area contributed by atoms with Crippen LogP contribution in [-0.2, 0) is 11.2 Å². The quantitative estimate of drug-likeness (QED) is 0.849. The Morgan fingerprint density at radius 2 is 2.26 bits per heavy atom. The molecule has 0 aliphatic rings. The van der Waals surface area contributed by atoms with Gasteiger partial charge in [-0.25, -0.2) is 4.79 Å². The summed E-state index contributed by atoms with van der Waals surface area (Å²) in [5, 5.41) is 0. The molecule has 0 aliphatic carbocycles. The van der Waals surface area contributed by atoms with Crippen LogP contribution in [0.4, 0.5) is 5.69 Å². The maximum Gasteiger partial charge on any atom is 0.350 e. The highest BCUT2D eigenvalue weighted by Gasteiger charge is 2.23. The zero-order chi connectivity index (χ0) is 14.0. The first-order chi connectivity index (χ1) is 9.10. The number of furan rings is 1. The first-order valence-electron chi connectivity index (χ1n) is 5.91. The largest absolute Gasteiger partial charge is 0.462 e. The summed E-state index contributed by atoms with van der Waals surface area (Å²) in [7, 11) is 0. The molecule has 0 saturated heterocycles. The Morgan fingerprint density at radius 3 is 2.79 bits per heavy atom. The van der Waals surface area contributed by atoms with E-state index in [-0.39, 0.29) is 5.97 Å². The highest BCUT2D eigenvalue weighted by atomic mass is 79.9. The molecule has 19 heavy (non-hydrogen) atoms. The van der Waals surface area contributed by atoms with Gasteiger partial charge in [0.05, 0.1) is 18.6 Å². The predicted molar refractivity (Wildman–Crippen MR) is 79.5 cm³/mol. The van der Waals surface area contributed by atoms with E-state index in [0.717, 1.165) is 22.4 Å². The second kappa shape index (κ2) is 5.79. The topological polar surface area (TPSA) is 65.5 Å². The van der Waals surface area contributed by atoms with Crippen LogP contribution in [0.2, 0.25) is 0 Å². The molecule has 2 rings (SSSR count). The SMILES string of the molecule is CCOC(=O)c1sc(-c2ccoc2Br)c(CC)c1N. The van der Waals surface area contributed by atoms with E-state index in [4.69, 9.17) is 14.9 Å². The van der Waals surface area contributed by atoms with Gasteiger partial charge in [-0.2, -0.15) is 0 Å². The summed E-state index contributed by atoms with van der Waals surface area (Å²) < 4.78 is 10.9. The molecule has 0 saturated carbocycles. The number of hydrogen-bond donors (Lipinski definition) is 1. The molecule has 0 aliphatic heterocycles. The molecule has 102 valence electrons. The van der Waals surface area contributed by atoms with E-state index in [2.05, 4.69) is 15.9 Å². The van der Waals surface area contributed by atoms with E-state index in [1.165, 1.54) is 11.3 Å². The first kappa shape index (κ1) is 14.1. The number of esters is 1. The van der Waals surface area contributed by atoms with Crippen molar-refractivity contribution in [2.24, 2.45) is 0 Å². The zero-order valence-electron chi connectivity index (χ0n) is 10.7. The van der Waals surface area contributed by atoms with Crippen LogP contribution in [0, 0.1) is 0 Å². The minimum Gasteiger partial charge on any atom is -0.462 e. The van der Waals surface area contributed by atoms with E-state index in [9.17, 15) is 4.79 Å². The van der Waals surface area contributed by atoms with E-state index < -0.39 is 0 Å². The van der Waals surface area contributed by atoms with Gasteiger partial charge in [-0.3, -0.25) is 0 Å². The Labute approximate surface area is 123 Å². The number of anilines is 1. The van der Waals surface area contributed by atoms with Gasteiger partial charge in [0.15, 0.2) is 4.67 Å². The highest BCUT2D eigenvalue weighted by molar-refractivity contribution is 9.10. The standard InChI is InChI=1S/C13H14BrNO3S/c1-3-7-9(15)11(13(16)17-4-2)19-10(7)8-5-6-18-12(8)14/h5-6H,3-4,15H2,1-2H3. The van der Waals surface area contributed by atoms with Crippen LogP contribution >= 0.6 is 27.3 Å². The fourth-order valence-corrected chi connectivity index (χ4v) is 3.65. The number of nitrogen functional groups attached to an aromatic ring is 1. The van der Waals surface area contributed by atoms with Gasteiger partial charge < -0.3 is 14.9 Å². The van der Waals surface area contributed by atoms with Crippen LogP contribution in [0.25, 0.3) is 10.4 Å². The van der Waals surface area contributed by atoms with Crippen molar-refractivity contribution in [1.82, 2.24) is 0 Å². The number of thiophene rings is 1. The minimum absolute atomic E-state index is 0.336. The van der Waals surface area contributed by atoms with Gasteiger partial charge in [0.2, 0.25) is 0 Å². The molecule has 0 unspecified atom stereocenters. The van der Waals surface area contributed by atoms with Crippen molar-refractivity contribution in [1.29, 1.82) is 0 Å². The molecule has 6 heteroatoms. The number of hydrogen-bond acceptors (Lipinski definition) is 5. The highest BCUT2D eigenvalue weighted by Crippen LogP contribution is 2.42. The molecular weight excluding hydrogens is 330 g/mol. The van der Waals surface area contributed by atoms with E-state index in [1.807, 2.05) is 13.0 Å². The number of halogens is 1. The lowest BCUT2D eigenvalue weighted by Gasteiger charge is -2.01. The molecule has 2 aromatic heterocycles. The third kappa shape index (κ3) is 2.55. The molecule has 0 spiro atoms. The lowest BCUT2D eigenvalue weighted by molar-refractivity contribution is 0.0533. The average molecular weight is 344 g/mol. The van der Waals surface area contributed by atoms with Gasteiger partial charge in [-0.1, -0.05) is 6.92 Å². The summed E-state index contributed by atoms with van der Waals surface area (Å²) in [5.74, 6) is -0.370. The van der Waals surface area contributed by atoms with Crippen molar-refractivity contribution < 1.29 is 13.9 Å². The van der Waals surface area contributed by atoms with Gasteiger partial charge in [0, 0.05) is 10.4 Å². The fourth-order valence-electron chi connectivity index (χ4n) is 1.85. The van der Waals surface area contributed by atoms with Crippen molar-refractivity contribution in [3.05, 3.63) is 27.4 Å². The number of carbonyl (C=O) groups is 1. The maximum absolute atomic E-state index is 11.9. The average Bonchev–Trinajstić information content (AvgIpc) is 2.93. The Hall–Kier alpha value is -1.27. The summed E-state index contributed by atoms with van der Waals surface area (Å²) in [6.45, 7) is 4.11. The molecular formula is C13H14BrNO3S. The lowest BCUT2D eigenvalue weighted by Crippen LogP contribution is -2.05. The van der Waals surface area contributed by atoms with Crippen LogP contribution in [0.5, 0.6) is 0 Å². The molecule has 2 N–H and O–H groups in total. The number of ether oxygens (including phenoxy) is 1. The minimum atomic E-state index is -0.370. The lowest BCUT2D eigenvalue weighted by atomic mass is 10.1. The molecule has 0 amide bonds. The normalized spacial score (nSPS) is 10.7. The third-order valence-electron chi connectivity index (χ3n) is 2.72. The summed E-state index contributed by atoms with van der Waals surface area (Å²) >= 11 is 4.69. The summed E-state index contributed by atoms with van der Waals surface area (Å²) in [6.07, 6.45) is 2.34. The van der Waals surface area contributed by atoms with Crippen LogP contribution in [0.1, 0.15) is 29.1 Å². The number of carbonyl (C=O) groups excluding carboxylic acids is 1. The van der Waals surface area contributed by atoms with E-state index >= 15 is 0 Å².